The van der Waals surface area contributed by atoms with Crippen LogP contribution in [0.1, 0.15) is 25.5 Å². The van der Waals surface area contributed by atoms with Gasteiger partial charge in [-0.15, -0.1) is 0 Å². The van der Waals surface area contributed by atoms with Crippen molar-refractivity contribution in [2.75, 3.05) is 0 Å². The zero-order valence-corrected chi connectivity index (χ0v) is 17.1. The molecule has 1 aliphatic rings. The van der Waals surface area contributed by atoms with Crippen LogP contribution >= 0.6 is 11.8 Å². The van der Waals surface area contributed by atoms with Crippen LogP contribution in [0.15, 0.2) is 51.8 Å². The van der Waals surface area contributed by atoms with Crippen molar-refractivity contribution in [1.29, 1.82) is 0 Å². The van der Waals surface area contributed by atoms with Crippen LogP contribution < -0.4 is 5.32 Å². The van der Waals surface area contributed by atoms with Crippen molar-refractivity contribution >= 4 is 29.0 Å². The predicted molar refractivity (Wildman–Crippen MR) is 93.5 cm³/mol. The van der Waals surface area contributed by atoms with E-state index < -0.39 is 0 Å². The Hall–Kier alpha value is -1.17. The Morgan fingerprint density at radius 1 is 1.17 bits per heavy atom. The number of amides is 2. The van der Waals surface area contributed by atoms with Gasteiger partial charge in [0.1, 0.15) is 11.5 Å². The van der Waals surface area contributed by atoms with Crippen LogP contribution in [0, 0.1) is 6.92 Å². The van der Waals surface area contributed by atoms with E-state index in [2.05, 4.69) is 19.2 Å². The first-order valence-corrected chi connectivity index (χ1v) is 8.15. The number of furan rings is 1. The molecule has 3 rings (SSSR count). The van der Waals surface area contributed by atoms with Crippen molar-refractivity contribution in [3.63, 3.8) is 0 Å². The number of carbonyl (C=O) groups is 2. The quantitative estimate of drug-likeness (QED) is 0.571. The number of unbranched alkanes of at least 4 members (excludes halogenated alkanes) is 1. The Labute approximate surface area is 171 Å². The SMILES string of the molecule is O=C1NC(=O)/C(=C/c2ccc(-c3ccccc3)o2)S1.[CH2-]CCC.[Y]. The molecule has 0 saturated carbocycles. The maximum absolute atomic E-state index is 11.4. The number of thioether (sulfide) groups is 1. The number of imide groups is 1. The first-order valence-electron chi connectivity index (χ1n) is 7.33. The van der Waals surface area contributed by atoms with Crippen molar-refractivity contribution in [3.8, 4) is 11.3 Å². The fourth-order valence-electron chi connectivity index (χ4n) is 1.74. The Morgan fingerprint density at radius 2 is 1.83 bits per heavy atom. The molecule has 0 spiro atoms. The van der Waals surface area contributed by atoms with Gasteiger partial charge in [-0.25, -0.2) is 0 Å². The molecule has 1 radical (unpaired) electrons. The predicted octanol–water partition coefficient (Wildman–Crippen LogP) is 4.89. The third-order valence-corrected chi connectivity index (χ3v) is 3.76. The Balaban J connectivity index is 0.000000522. The molecule has 0 aliphatic carbocycles. The van der Waals surface area contributed by atoms with Crippen LogP contribution in [-0.2, 0) is 37.5 Å². The summed E-state index contributed by atoms with van der Waals surface area (Å²) in [6.45, 7) is 5.72. The van der Waals surface area contributed by atoms with Gasteiger partial charge in [-0.05, 0) is 23.9 Å². The Bertz CT molecular complexity index is 708. The summed E-state index contributed by atoms with van der Waals surface area (Å²) >= 11 is 0.875. The summed E-state index contributed by atoms with van der Waals surface area (Å²) in [4.78, 5) is 22.8. The molecule has 1 aliphatic heterocycles. The second-order valence-corrected chi connectivity index (χ2v) is 5.79. The van der Waals surface area contributed by atoms with Gasteiger partial charge >= 0.3 is 0 Å². The van der Waals surface area contributed by atoms with Crippen LogP contribution in [0.2, 0.25) is 0 Å². The topological polar surface area (TPSA) is 59.3 Å². The second-order valence-electron chi connectivity index (χ2n) is 4.77. The number of hydrogen-bond acceptors (Lipinski definition) is 4. The summed E-state index contributed by atoms with van der Waals surface area (Å²) in [5.41, 5.74) is 0.965. The normalized spacial score (nSPS) is 14.7. The molecule has 0 unspecified atom stereocenters. The van der Waals surface area contributed by atoms with Crippen LogP contribution in [-0.4, -0.2) is 11.1 Å². The van der Waals surface area contributed by atoms with Crippen molar-refractivity contribution < 1.29 is 46.7 Å². The van der Waals surface area contributed by atoms with Gasteiger partial charge in [0.15, 0.2) is 0 Å². The molecule has 2 heterocycles. The van der Waals surface area contributed by atoms with Crippen LogP contribution in [0.3, 0.4) is 0 Å². The molecule has 123 valence electrons. The summed E-state index contributed by atoms with van der Waals surface area (Å²) in [7, 11) is 0. The molecule has 24 heavy (non-hydrogen) atoms. The van der Waals surface area contributed by atoms with E-state index >= 15 is 0 Å². The van der Waals surface area contributed by atoms with Crippen LogP contribution in [0.5, 0.6) is 0 Å². The molecule has 2 amide bonds. The summed E-state index contributed by atoms with van der Waals surface area (Å²) in [5.74, 6) is 0.890. The number of nitrogens with one attached hydrogen (secondary N) is 1. The van der Waals surface area contributed by atoms with Crippen LogP contribution in [0.25, 0.3) is 17.4 Å². The number of rotatable bonds is 3. The van der Waals surface area contributed by atoms with Gasteiger partial charge in [0, 0.05) is 44.3 Å². The van der Waals surface area contributed by atoms with E-state index in [9.17, 15) is 9.59 Å². The van der Waals surface area contributed by atoms with E-state index in [0.29, 0.717) is 10.7 Å². The fraction of sp³-hybridized carbons (Fsp3) is 0.167. The minimum Gasteiger partial charge on any atom is -0.457 e. The Kier molecular flexibility index (Phi) is 9.26. The number of carbonyl (C=O) groups excluding carboxylic acids is 2. The first kappa shape index (κ1) is 20.9. The van der Waals surface area contributed by atoms with Gasteiger partial charge in [-0.1, -0.05) is 43.7 Å². The maximum Gasteiger partial charge on any atom is 0.290 e. The maximum atomic E-state index is 11.4. The summed E-state index contributed by atoms with van der Waals surface area (Å²) in [6.07, 6.45) is 3.84. The second kappa shape index (κ2) is 10.6. The average Bonchev–Trinajstić information content (AvgIpc) is 3.15. The smallest absolute Gasteiger partial charge is 0.290 e. The van der Waals surface area contributed by atoms with Crippen molar-refractivity contribution in [3.05, 3.63) is 60.1 Å². The largest absolute Gasteiger partial charge is 0.457 e. The molecule has 4 nitrogen and oxygen atoms in total. The molecule has 0 atom stereocenters. The van der Waals surface area contributed by atoms with Gasteiger partial charge in [-0.2, -0.15) is 6.42 Å². The third kappa shape index (κ3) is 6.04. The third-order valence-electron chi connectivity index (χ3n) is 2.95. The molecular formula is C18H18NO3SY-. The molecule has 1 fully saturated rings. The van der Waals surface area contributed by atoms with Crippen LogP contribution in [0.4, 0.5) is 4.79 Å². The molecular weight excluding hydrogens is 399 g/mol. The van der Waals surface area contributed by atoms with Gasteiger partial charge < -0.3 is 11.3 Å². The van der Waals surface area contributed by atoms with Gasteiger partial charge in [0.25, 0.3) is 11.1 Å². The monoisotopic (exact) mass is 417 g/mol. The van der Waals surface area contributed by atoms with E-state index in [0.717, 1.165) is 29.5 Å². The van der Waals surface area contributed by atoms with Crippen molar-refractivity contribution in [2.45, 2.75) is 19.8 Å². The summed E-state index contributed by atoms with van der Waals surface area (Å²) < 4.78 is 5.63. The summed E-state index contributed by atoms with van der Waals surface area (Å²) in [5, 5.41) is 1.85. The molecule has 0 bridgehead atoms. The molecule has 1 aromatic heterocycles. The standard InChI is InChI=1S/C14H9NO3S.C4H9.Y/c16-13-12(19-14(17)15-13)8-10-6-7-11(18-10)9-4-2-1-3-5-9;1-3-4-2;/h1-8H,(H,15,16,17);1,3-4H2,2H3;/q;-1;/b12-8-;;. The molecule has 1 N–H and O–H groups in total. The molecule has 1 aromatic carbocycles. The molecule has 2 aromatic rings. The Morgan fingerprint density at radius 3 is 2.38 bits per heavy atom. The zero-order valence-electron chi connectivity index (χ0n) is 13.5. The van der Waals surface area contributed by atoms with Crippen molar-refractivity contribution in [2.24, 2.45) is 0 Å². The van der Waals surface area contributed by atoms with E-state index in [-0.39, 0.29) is 43.9 Å². The zero-order chi connectivity index (χ0) is 16.7. The van der Waals surface area contributed by atoms with Crippen molar-refractivity contribution in [1.82, 2.24) is 5.32 Å². The van der Waals surface area contributed by atoms with Gasteiger partial charge in [0.05, 0.1) is 4.91 Å². The van der Waals surface area contributed by atoms with Gasteiger partial charge in [-0.3, -0.25) is 14.9 Å². The van der Waals surface area contributed by atoms with E-state index in [4.69, 9.17) is 4.42 Å². The number of benzene rings is 1. The minimum atomic E-state index is -0.382. The summed E-state index contributed by atoms with van der Waals surface area (Å²) in [6, 6.07) is 13.3. The fourth-order valence-corrected chi connectivity index (χ4v) is 2.40. The molecule has 6 heteroatoms. The van der Waals surface area contributed by atoms with Gasteiger partial charge in [0.2, 0.25) is 0 Å². The average molecular weight is 417 g/mol. The van der Waals surface area contributed by atoms with E-state index in [1.165, 1.54) is 6.42 Å². The minimum absolute atomic E-state index is 0. The number of hydrogen-bond donors (Lipinski definition) is 1. The van der Waals surface area contributed by atoms with E-state index in [1.54, 1.807) is 12.1 Å². The first-order chi connectivity index (χ1) is 11.1. The van der Waals surface area contributed by atoms with E-state index in [1.807, 2.05) is 36.4 Å². The molecule has 1 saturated heterocycles.